The number of hydrogen-bond donors (Lipinski definition) is 0. The van der Waals surface area contributed by atoms with E-state index >= 15 is 0 Å². The molecule has 0 N–H and O–H groups in total. The number of ether oxygens (including phenoxy) is 1. The van der Waals surface area contributed by atoms with Crippen LogP contribution in [0.5, 0.6) is 0 Å². The minimum Gasteiger partial charge on any atom is -0.485 e. The zero-order chi connectivity index (χ0) is 16.8. The lowest BCUT2D eigenvalue weighted by Crippen LogP contribution is -2.26. The molecule has 1 aromatic rings. The second kappa shape index (κ2) is 7.49. The van der Waals surface area contributed by atoms with E-state index in [1.54, 1.807) is 38.5 Å². The second-order valence-corrected chi connectivity index (χ2v) is 4.65. The van der Waals surface area contributed by atoms with Crippen LogP contribution in [0.15, 0.2) is 51.2 Å². The summed E-state index contributed by atoms with van der Waals surface area (Å²) in [7, 11) is 1.64. The maximum absolute atomic E-state index is 12.6. The van der Waals surface area contributed by atoms with E-state index in [0.29, 0.717) is 29.2 Å². The Morgan fingerprint density at radius 3 is 2.78 bits per heavy atom. The number of allylic oxidation sites excluding steroid dienone is 3. The Bertz CT molecular complexity index is 799. The number of pyridine rings is 1. The molecule has 5 nitrogen and oxygen atoms in total. The number of fused-ring (bicyclic) bond motifs is 1. The highest BCUT2D eigenvalue weighted by Crippen LogP contribution is 2.31. The highest BCUT2D eigenvalue weighted by atomic mass is 19.1. The van der Waals surface area contributed by atoms with E-state index in [9.17, 15) is 9.18 Å². The van der Waals surface area contributed by atoms with Gasteiger partial charge >= 0.3 is 0 Å². The summed E-state index contributed by atoms with van der Waals surface area (Å²) in [6.45, 7) is 3.72. The Hall–Kier alpha value is -2.76. The zero-order valence-corrected chi connectivity index (χ0v) is 13.3. The predicted octanol–water partition coefficient (Wildman–Crippen LogP) is 3.18. The normalized spacial score (nSPS) is 15.7. The molecule has 0 fully saturated rings. The standard InChI is InChI=1S/C17H18FN3O2/c1-4-12(10-19-3)21-14-11-23-15(8-9-18)17(20-5-2)13(14)6-7-16(21)22/h4-10H,11H2,1-3H3/b9-8+,12-4+,19-10-,20-5-. The van der Waals surface area contributed by atoms with Gasteiger partial charge in [-0.3, -0.25) is 19.3 Å². The van der Waals surface area contributed by atoms with Crippen LogP contribution < -0.4 is 5.56 Å². The molecule has 0 amide bonds. The molecule has 0 radical (unpaired) electrons. The number of aromatic nitrogens is 1. The monoisotopic (exact) mass is 315 g/mol. The third kappa shape index (κ3) is 3.21. The summed E-state index contributed by atoms with van der Waals surface area (Å²) in [6, 6.07) is 3.14. The fourth-order valence-corrected chi connectivity index (χ4v) is 2.41. The first-order valence-electron chi connectivity index (χ1n) is 7.14. The smallest absolute Gasteiger partial charge is 0.255 e. The summed E-state index contributed by atoms with van der Waals surface area (Å²) < 4.78 is 19.7. The Kier molecular flexibility index (Phi) is 5.41. The van der Waals surface area contributed by atoms with Crippen molar-refractivity contribution in [1.29, 1.82) is 0 Å². The van der Waals surface area contributed by atoms with Crippen molar-refractivity contribution in [2.75, 3.05) is 7.05 Å². The fraction of sp³-hybridized carbons (Fsp3) is 0.235. The molecule has 1 aliphatic rings. The van der Waals surface area contributed by atoms with Gasteiger partial charge in [-0.1, -0.05) is 6.08 Å². The largest absolute Gasteiger partial charge is 0.485 e. The summed E-state index contributed by atoms with van der Waals surface area (Å²) >= 11 is 0. The van der Waals surface area contributed by atoms with Crippen molar-refractivity contribution in [2.24, 2.45) is 9.98 Å². The second-order valence-electron chi connectivity index (χ2n) is 4.65. The lowest BCUT2D eigenvalue weighted by atomic mass is 10.1. The Labute approximate surface area is 133 Å². The van der Waals surface area contributed by atoms with Crippen molar-refractivity contribution in [3.63, 3.8) is 0 Å². The maximum atomic E-state index is 12.6. The van der Waals surface area contributed by atoms with Gasteiger partial charge in [0.15, 0.2) is 0 Å². The minimum atomic E-state index is -0.190. The van der Waals surface area contributed by atoms with Crippen LogP contribution in [0.2, 0.25) is 0 Å². The van der Waals surface area contributed by atoms with E-state index in [-0.39, 0.29) is 12.2 Å². The molecule has 0 saturated heterocycles. The summed E-state index contributed by atoms with van der Waals surface area (Å²) in [5.74, 6) is 0.328. The first kappa shape index (κ1) is 16.6. The van der Waals surface area contributed by atoms with Gasteiger partial charge in [-0.2, -0.15) is 0 Å². The van der Waals surface area contributed by atoms with E-state index in [1.807, 2.05) is 6.92 Å². The van der Waals surface area contributed by atoms with Crippen LogP contribution in [0, 0.1) is 0 Å². The lowest BCUT2D eigenvalue weighted by molar-refractivity contribution is 0.200. The molecular formula is C17H18FN3O2. The van der Waals surface area contributed by atoms with Gasteiger partial charge < -0.3 is 4.74 Å². The number of hydrogen-bond acceptors (Lipinski definition) is 4. The van der Waals surface area contributed by atoms with Gasteiger partial charge in [0.2, 0.25) is 0 Å². The lowest BCUT2D eigenvalue weighted by Gasteiger charge is -2.23. The average Bonchev–Trinajstić information content (AvgIpc) is 2.55. The average molecular weight is 315 g/mol. The van der Waals surface area contributed by atoms with Crippen molar-refractivity contribution in [2.45, 2.75) is 20.5 Å². The topological polar surface area (TPSA) is 55.9 Å². The van der Waals surface area contributed by atoms with Gasteiger partial charge in [0.05, 0.1) is 17.7 Å². The van der Waals surface area contributed by atoms with Gasteiger partial charge in [-0.25, -0.2) is 4.39 Å². The fourth-order valence-electron chi connectivity index (χ4n) is 2.41. The molecule has 0 bridgehead atoms. The predicted molar refractivity (Wildman–Crippen MR) is 91.2 cm³/mol. The van der Waals surface area contributed by atoms with E-state index in [4.69, 9.17) is 4.74 Å². The zero-order valence-electron chi connectivity index (χ0n) is 13.3. The molecule has 0 atom stereocenters. The van der Waals surface area contributed by atoms with Crippen LogP contribution in [0.25, 0.3) is 11.4 Å². The number of nitrogens with zero attached hydrogens (tertiary/aromatic N) is 3. The van der Waals surface area contributed by atoms with Gasteiger partial charge in [0, 0.05) is 37.2 Å². The van der Waals surface area contributed by atoms with Crippen molar-refractivity contribution in [3.05, 3.63) is 58.0 Å². The third-order valence-electron chi connectivity index (χ3n) is 3.33. The molecule has 1 aliphatic heterocycles. The third-order valence-corrected chi connectivity index (χ3v) is 3.33. The van der Waals surface area contributed by atoms with Crippen LogP contribution in [-0.4, -0.2) is 24.0 Å². The number of aliphatic imine (C=N–C) groups is 2. The highest BCUT2D eigenvalue weighted by Gasteiger charge is 2.23. The molecule has 6 heteroatoms. The SMILES string of the molecule is C/C=N\C1=C(/C=C/F)OCc2c1ccc(=O)n2C(/C=N\C)=C/C. The Morgan fingerprint density at radius 2 is 2.17 bits per heavy atom. The van der Waals surface area contributed by atoms with Crippen LogP contribution in [0.4, 0.5) is 4.39 Å². The van der Waals surface area contributed by atoms with E-state index in [1.165, 1.54) is 16.7 Å². The molecule has 2 heterocycles. The molecule has 0 unspecified atom stereocenters. The quantitative estimate of drug-likeness (QED) is 0.801. The molecule has 0 aliphatic carbocycles. The van der Waals surface area contributed by atoms with Gasteiger partial charge in [0.1, 0.15) is 18.1 Å². The maximum Gasteiger partial charge on any atom is 0.255 e. The van der Waals surface area contributed by atoms with E-state index in [2.05, 4.69) is 9.98 Å². The minimum absolute atomic E-state index is 0.142. The van der Waals surface area contributed by atoms with Crippen molar-refractivity contribution >= 4 is 23.8 Å². The highest BCUT2D eigenvalue weighted by molar-refractivity contribution is 6.02. The van der Waals surface area contributed by atoms with Gasteiger partial charge in [0.25, 0.3) is 5.56 Å². The van der Waals surface area contributed by atoms with Crippen LogP contribution >= 0.6 is 0 Å². The molecule has 0 saturated carbocycles. The first-order valence-corrected chi connectivity index (χ1v) is 7.14. The van der Waals surface area contributed by atoms with Gasteiger partial charge in [-0.15, -0.1) is 0 Å². The molecule has 0 aromatic carbocycles. The van der Waals surface area contributed by atoms with E-state index in [0.717, 1.165) is 5.56 Å². The number of halogens is 1. The van der Waals surface area contributed by atoms with Gasteiger partial charge in [-0.05, 0) is 19.9 Å². The van der Waals surface area contributed by atoms with Crippen LogP contribution in [-0.2, 0) is 11.3 Å². The molecule has 0 spiro atoms. The van der Waals surface area contributed by atoms with Crippen molar-refractivity contribution in [3.8, 4) is 0 Å². The molecule has 1 aromatic heterocycles. The van der Waals surface area contributed by atoms with Crippen LogP contribution in [0.1, 0.15) is 25.1 Å². The summed E-state index contributed by atoms with van der Waals surface area (Å²) in [5.41, 5.74) is 2.32. The van der Waals surface area contributed by atoms with Crippen molar-refractivity contribution in [1.82, 2.24) is 4.57 Å². The van der Waals surface area contributed by atoms with Crippen molar-refractivity contribution < 1.29 is 9.13 Å². The first-order chi connectivity index (χ1) is 11.2. The number of rotatable bonds is 4. The summed E-state index contributed by atoms with van der Waals surface area (Å²) in [4.78, 5) is 20.6. The Morgan fingerprint density at radius 1 is 1.39 bits per heavy atom. The molecular weight excluding hydrogens is 297 g/mol. The molecule has 2 rings (SSSR count). The molecule has 23 heavy (non-hydrogen) atoms. The summed E-state index contributed by atoms with van der Waals surface area (Å²) in [6.07, 6.45) is 6.61. The Balaban J connectivity index is 2.77. The van der Waals surface area contributed by atoms with E-state index < -0.39 is 0 Å². The summed E-state index contributed by atoms with van der Waals surface area (Å²) in [5, 5.41) is 0. The molecule has 120 valence electrons. The van der Waals surface area contributed by atoms with Crippen LogP contribution in [0.3, 0.4) is 0 Å².